The molecule has 6 heteroatoms. The summed E-state index contributed by atoms with van der Waals surface area (Å²) < 4.78 is 6.03. The Bertz CT molecular complexity index is 1180. The third kappa shape index (κ3) is 3.75. The molecule has 0 fully saturated rings. The number of nitrogens with two attached hydrogens (primary N) is 1. The van der Waals surface area contributed by atoms with Gasteiger partial charge in [-0.2, -0.15) is 0 Å². The first-order chi connectivity index (χ1) is 15.7. The Hall–Kier alpha value is -3.67. The maximum atomic E-state index is 12.9. The number of aromatic nitrogens is 1. The molecule has 0 aliphatic carbocycles. The number of fused-ring (bicyclic) bond motifs is 1. The highest BCUT2D eigenvalue weighted by atomic mass is 16.5. The molecule has 0 saturated carbocycles. The summed E-state index contributed by atoms with van der Waals surface area (Å²) in [5.74, 6) is -0.620. The van der Waals surface area contributed by atoms with Gasteiger partial charge in [0.2, 0.25) is 11.8 Å². The number of ether oxygens (including phenoxy) is 1. The number of hydrogen-bond acceptors (Lipinski definition) is 4. The SMILES string of the molecule is CC(=O)N1c2cc(OCc3cccnc3)ccc2C(C)(c2ccccc2)C(C(N)=O)C1(C)C. The molecule has 2 unspecified atom stereocenters. The number of carbonyl (C=O) groups is 2. The highest BCUT2D eigenvalue weighted by Gasteiger charge is 2.57. The van der Waals surface area contributed by atoms with E-state index in [-0.39, 0.29) is 5.91 Å². The summed E-state index contributed by atoms with van der Waals surface area (Å²) in [4.78, 5) is 31.6. The topological polar surface area (TPSA) is 85.5 Å². The van der Waals surface area contributed by atoms with E-state index in [2.05, 4.69) is 4.98 Å². The first-order valence-electron chi connectivity index (χ1n) is 11.0. The van der Waals surface area contributed by atoms with Gasteiger partial charge in [-0.05, 0) is 37.1 Å². The van der Waals surface area contributed by atoms with E-state index in [9.17, 15) is 9.59 Å². The monoisotopic (exact) mass is 443 g/mol. The highest BCUT2D eigenvalue weighted by molar-refractivity contribution is 5.98. The molecule has 3 aromatic rings. The van der Waals surface area contributed by atoms with E-state index >= 15 is 0 Å². The van der Waals surface area contributed by atoms with Gasteiger partial charge in [0.25, 0.3) is 0 Å². The van der Waals surface area contributed by atoms with Crippen LogP contribution in [0.3, 0.4) is 0 Å². The van der Waals surface area contributed by atoms with Crippen molar-refractivity contribution in [1.29, 1.82) is 0 Å². The van der Waals surface area contributed by atoms with E-state index < -0.39 is 22.8 Å². The van der Waals surface area contributed by atoms with Crippen molar-refractivity contribution in [1.82, 2.24) is 4.98 Å². The number of primary amides is 1. The standard InChI is InChI=1S/C27H29N3O3/c1-18(31)30-23-15-21(33-17-19-9-8-14-29-16-19)12-13-22(23)27(4,20-10-6-5-7-11-20)24(25(28)32)26(30,2)3/h5-16,24H,17H2,1-4H3,(H2,28,32). The summed E-state index contributed by atoms with van der Waals surface area (Å²) >= 11 is 0. The lowest BCUT2D eigenvalue weighted by atomic mass is 9.57. The number of anilines is 1. The summed E-state index contributed by atoms with van der Waals surface area (Å²) in [6.07, 6.45) is 3.47. The van der Waals surface area contributed by atoms with Gasteiger partial charge in [-0.1, -0.05) is 49.4 Å². The summed E-state index contributed by atoms with van der Waals surface area (Å²) in [7, 11) is 0. The molecule has 0 radical (unpaired) electrons. The predicted molar refractivity (Wildman–Crippen MR) is 128 cm³/mol. The molecule has 6 nitrogen and oxygen atoms in total. The minimum atomic E-state index is -0.864. The zero-order chi connectivity index (χ0) is 23.8. The van der Waals surface area contributed by atoms with Gasteiger partial charge in [-0.3, -0.25) is 14.6 Å². The van der Waals surface area contributed by atoms with Gasteiger partial charge in [0.05, 0.1) is 17.1 Å². The maximum absolute atomic E-state index is 12.9. The number of nitrogens with zero attached hydrogens (tertiary/aromatic N) is 2. The van der Waals surface area contributed by atoms with Crippen molar-refractivity contribution < 1.29 is 14.3 Å². The molecule has 170 valence electrons. The van der Waals surface area contributed by atoms with Gasteiger partial charge >= 0.3 is 0 Å². The molecular weight excluding hydrogens is 414 g/mol. The number of carbonyl (C=O) groups excluding carboxylic acids is 2. The van der Waals surface area contributed by atoms with Crippen molar-refractivity contribution in [3.05, 3.63) is 89.7 Å². The van der Waals surface area contributed by atoms with E-state index in [1.807, 2.05) is 81.4 Å². The highest BCUT2D eigenvalue weighted by Crippen LogP contribution is 2.54. The lowest BCUT2D eigenvalue weighted by Gasteiger charge is -2.55. The summed E-state index contributed by atoms with van der Waals surface area (Å²) in [6.45, 7) is 7.70. The Morgan fingerprint density at radius 2 is 1.79 bits per heavy atom. The van der Waals surface area contributed by atoms with Crippen LogP contribution >= 0.6 is 0 Å². The molecule has 0 bridgehead atoms. The van der Waals surface area contributed by atoms with E-state index in [1.54, 1.807) is 17.3 Å². The summed E-state index contributed by atoms with van der Waals surface area (Å²) in [5, 5.41) is 0. The van der Waals surface area contributed by atoms with Gasteiger partial charge in [0.15, 0.2) is 0 Å². The van der Waals surface area contributed by atoms with Crippen molar-refractivity contribution >= 4 is 17.5 Å². The fourth-order valence-corrected chi connectivity index (χ4v) is 5.49. The molecule has 2 aromatic carbocycles. The lowest BCUT2D eigenvalue weighted by Crippen LogP contribution is -2.65. The molecule has 2 amide bonds. The fourth-order valence-electron chi connectivity index (χ4n) is 5.49. The predicted octanol–water partition coefficient (Wildman–Crippen LogP) is 4.21. The molecule has 4 rings (SSSR count). The van der Waals surface area contributed by atoms with Crippen LogP contribution < -0.4 is 15.4 Å². The van der Waals surface area contributed by atoms with Crippen LogP contribution in [0.4, 0.5) is 5.69 Å². The second-order valence-electron chi connectivity index (χ2n) is 9.24. The van der Waals surface area contributed by atoms with E-state index in [1.165, 1.54) is 6.92 Å². The summed E-state index contributed by atoms with van der Waals surface area (Å²) in [5.41, 5.74) is 7.91. The van der Waals surface area contributed by atoms with Crippen molar-refractivity contribution in [2.75, 3.05) is 4.90 Å². The minimum Gasteiger partial charge on any atom is -0.489 e. The number of rotatable bonds is 5. The molecule has 2 N–H and O–H groups in total. The maximum Gasteiger partial charge on any atom is 0.224 e. The second-order valence-corrected chi connectivity index (χ2v) is 9.24. The van der Waals surface area contributed by atoms with Crippen molar-refractivity contribution in [3.63, 3.8) is 0 Å². The third-order valence-electron chi connectivity index (χ3n) is 6.73. The normalized spacial score (nSPS) is 21.2. The third-order valence-corrected chi connectivity index (χ3v) is 6.73. The molecule has 1 aliphatic heterocycles. The van der Waals surface area contributed by atoms with Crippen LogP contribution in [0.25, 0.3) is 0 Å². The fraction of sp³-hybridized carbons (Fsp3) is 0.296. The van der Waals surface area contributed by atoms with Crippen LogP contribution in [-0.2, 0) is 21.6 Å². The lowest BCUT2D eigenvalue weighted by molar-refractivity contribution is -0.127. The Morgan fingerprint density at radius 3 is 2.39 bits per heavy atom. The van der Waals surface area contributed by atoms with Crippen LogP contribution in [-0.4, -0.2) is 22.3 Å². The molecule has 1 aromatic heterocycles. The Labute approximate surface area is 194 Å². The molecule has 0 saturated heterocycles. The number of hydrogen-bond donors (Lipinski definition) is 1. The van der Waals surface area contributed by atoms with Crippen molar-refractivity contribution in [3.8, 4) is 5.75 Å². The first-order valence-corrected chi connectivity index (χ1v) is 11.0. The molecule has 33 heavy (non-hydrogen) atoms. The average Bonchev–Trinajstić information content (AvgIpc) is 2.77. The molecule has 1 aliphatic rings. The van der Waals surface area contributed by atoms with E-state index in [0.29, 0.717) is 12.4 Å². The molecule has 2 atom stereocenters. The van der Waals surface area contributed by atoms with Gasteiger partial charge in [0.1, 0.15) is 12.4 Å². The van der Waals surface area contributed by atoms with Gasteiger partial charge in [-0.15, -0.1) is 0 Å². The number of pyridine rings is 1. The molecular formula is C27H29N3O3. The van der Waals surface area contributed by atoms with E-state index in [0.717, 1.165) is 22.4 Å². The second kappa shape index (κ2) is 8.35. The van der Waals surface area contributed by atoms with Crippen LogP contribution in [0.2, 0.25) is 0 Å². The summed E-state index contributed by atoms with van der Waals surface area (Å²) in [6, 6.07) is 19.4. The Morgan fingerprint density at radius 1 is 1.06 bits per heavy atom. The molecule has 0 spiro atoms. The smallest absolute Gasteiger partial charge is 0.224 e. The van der Waals surface area contributed by atoms with Gasteiger partial charge in [-0.25, -0.2) is 0 Å². The van der Waals surface area contributed by atoms with Crippen LogP contribution in [0, 0.1) is 5.92 Å². The van der Waals surface area contributed by atoms with E-state index in [4.69, 9.17) is 10.5 Å². The zero-order valence-corrected chi connectivity index (χ0v) is 19.4. The van der Waals surface area contributed by atoms with Crippen molar-refractivity contribution in [2.24, 2.45) is 11.7 Å². The van der Waals surface area contributed by atoms with Gasteiger partial charge in [0, 0.05) is 36.4 Å². The number of amides is 2. The zero-order valence-electron chi connectivity index (χ0n) is 19.4. The Kier molecular flexibility index (Phi) is 5.70. The average molecular weight is 444 g/mol. The van der Waals surface area contributed by atoms with Crippen molar-refractivity contribution in [2.45, 2.75) is 45.3 Å². The van der Waals surface area contributed by atoms with Gasteiger partial charge < -0.3 is 15.4 Å². The van der Waals surface area contributed by atoms with Crippen LogP contribution in [0.5, 0.6) is 5.75 Å². The quantitative estimate of drug-likeness (QED) is 0.640. The first kappa shape index (κ1) is 22.5. The van der Waals surface area contributed by atoms with Crippen LogP contribution in [0.1, 0.15) is 44.4 Å². The van der Waals surface area contributed by atoms with Crippen LogP contribution in [0.15, 0.2) is 73.1 Å². The Balaban J connectivity index is 1.89. The minimum absolute atomic E-state index is 0.160. The molecule has 2 heterocycles. The number of benzene rings is 2. The largest absolute Gasteiger partial charge is 0.489 e.